The van der Waals surface area contributed by atoms with Gasteiger partial charge in [-0.15, -0.1) is 0 Å². The van der Waals surface area contributed by atoms with E-state index in [1.807, 2.05) is 53.4 Å². The predicted octanol–water partition coefficient (Wildman–Crippen LogP) is 3.74. The fourth-order valence-electron chi connectivity index (χ4n) is 5.12. The van der Waals surface area contributed by atoms with Gasteiger partial charge in [-0.2, -0.15) is 0 Å². The Kier molecular flexibility index (Phi) is 7.73. The fraction of sp³-hybridized carbons (Fsp3) is 0.481. The highest BCUT2D eigenvalue weighted by atomic mass is 16.5. The first-order valence-corrected chi connectivity index (χ1v) is 12.2. The Balaban J connectivity index is 1.66. The van der Waals surface area contributed by atoms with E-state index in [0.717, 1.165) is 61.9 Å². The van der Waals surface area contributed by atoms with E-state index in [4.69, 9.17) is 9.47 Å². The van der Waals surface area contributed by atoms with E-state index in [2.05, 4.69) is 11.8 Å². The van der Waals surface area contributed by atoms with Crippen molar-refractivity contribution < 1.29 is 19.1 Å². The number of amides is 2. The van der Waals surface area contributed by atoms with Gasteiger partial charge in [0, 0.05) is 38.3 Å². The Labute approximate surface area is 202 Å². The minimum absolute atomic E-state index is 0.0304. The molecule has 4 rings (SSSR count). The van der Waals surface area contributed by atoms with E-state index >= 15 is 0 Å². The second-order valence-electron chi connectivity index (χ2n) is 8.99. The summed E-state index contributed by atoms with van der Waals surface area (Å²) in [7, 11) is 3.25. The van der Waals surface area contributed by atoms with Crippen molar-refractivity contribution in [1.29, 1.82) is 0 Å². The van der Waals surface area contributed by atoms with Crippen LogP contribution in [0, 0.1) is 5.92 Å². The van der Waals surface area contributed by atoms with Gasteiger partial charge in [-0.25, -0.2) is 0 Å². The van der Waals surface area contributed by atoms with Crippen molar-refractivity contribution in [3.63, 3.8) is 0 Å². The zero-order chi connectivity index (χ0) is 24.1. The first kappa shape index (κ1) is 24.1. The molecule has 0 unspecified atom stereocenters. The zero-order valence-electron chi connectivity index (χ0n) is 20.4. The van der Waals surface area contributed by atoms with Crippen LogP contribution in [0.1, 0.15) is 37.8 Å². The number of carbonyl (C=O) groups excluding carboxylic acids is 2. The largest absolute Gasteiger partial charge is 0.497 e. The molecule has 2 aromatic rings. The monoisotopic (exact) mass is 465 g/mol. The lowest BCUT2D eigenvalue weighted by Crippen LogP contribution is -2.54. The number of piperazine rings is 1. The van der Waals surface area contributed by atoms with Gasteiger partial charge >= 0.3 is 0 Å². The molecule has 2 atom stereocenters. The first-order chi connectivity index (χ1) is 16.5. The van der Waals surface area contributed by atoms with Gasteiger partial charge in [0.15, 0.2) is 0 Å². The van der Waals surface area contributed by atoms with Crippen LogP contribution in [0.5, 0.6) is 11.5 Å². The maximum Gasteiger partial charge on any atom is 0.228 e. The highest BCUT2D eigenvalue weighted by Gasteiger charge is 2.43. The lowest BCUT2D eigenvalue weighted by molar-refractivity contribution is -0.140. The van der Waals surface area contributed by atoms with E-state index in [1.54, 1.807) is 19.1 Å². The molecule has 2 saturated heterocycles. The van der Waals surface area contributed by atoms with Crippen molar-refractivity contribution >= 4 is 17.5 Å². The van der Waals surface area contributed by atoms with Gasteiger partial charge in [0.05, 0.1) is 26.2 Å². The molecule has 2 amide bonds. The van der Waals surface area contributed by atoms with E-state index in [-0.39, 0.29) is 23.8 Å². The molecule has 0 saturated carbocycles. The van der Waals surface area contributed by atoms with Crippen molar-refractivity contribution in [3.8, 4) is 11.5 Å². The molecule has 0 spiro atoms. The lowest BCUT2D eigenvalue weighted by atomic mass is 9.82. The minimum atomic E-state index is -0.373. The molecular formula is C27H35N3O4. The molecule has 2 aromatic carbocycles. The number of rotatable bonds is 7. The third kappa shape index (κ3) is 5.04. The van der Waals surface area contributed by atoms with Gasteiger partial charge in [-0.05, 0) is 61.3 Å². The summed E-state index contributed by atoms with van der Waals surface area (Å²) in [5.74, 6) is 1.35. The quantitative estimate of drug-likeness (QED) is 0.623. The summed E-state index contributed by atoms with van der Waals surface area (Å²) in [5, 5.41) is 0. The minimum Gasteiger partial charge on any atom is -0.497 e. The fourth-order valence-corrected chi connectivity index (χ4v) is 5.12. The van der Waals surface area contributed by atoms with E-state index in [9.17, 15) is 9.59 Å². The second kappa shape index (κ2) is 10.9. The number of piperidine rings is 1. The second-order valence-corrected chi connectivity index (χ2v) is 8.99. The Bertz CT molecular complexity index is 968. The van der Waals surface area contributed by atoms with Gasteiger partial charge in [0.2, 0.25) is 11.8 Å². The number of hydrogen-bond donors (Lipinski definition) is 0. The van der Waals surface area contributed by atoms with Crippen LogP contribution in [-0.4, -0.2) is 68.6 Å². The first-order valence-electron chi connectivity index (χ1n) is 12.2. The molecule has 2 aliphatic heterocycles. The maximum atomic E-state index is 13.8. The Morgan fingerprint density at radius 3 is 2.06 bits per heavy atom. The van der Waals surface area contributed by atoms with Gasteiger partial charge in [-0.3, -0.25) is 14.5 Å². The van der Waals surface area contributed by atoms with Crippen molar-refractivity contribution in [2.24, 2.45) is 5.92 Å². The van der Waals surface area contributed by atoms with Crippen molar-refractivity contribution in [3.05, 3.63) is 54.1 Å². The molecular weight excluding hydrogens is 430 g/mol. The third-order valence-corrected chi connectivity index (χ3v) is 6.95. The van der Waals surface area contributed by atoms with Crippen LogP contribution in [0.2, 0.25) is 0 Å². The highest BCUT2D eigenvalue weighted by molar-refractivity contribution is 5.97. The van der Waals surface area contributed by atoms with E-state index in [0.29, 0.717) is 12.8 Å². The number of benzene rings is 2. The molecule has 0 aromatic heterocycles. The van der Waals surface area contributed by atoms with Crippen LogP contribution >= 0.6 is 0 Å². The molecule has 0 N–H and O–H groups in total. The summed E-state index contributed by atoms with van der Waals surface area (Å²) in [6.07, 6.45) is 2.02. The number of carbonyl (C=O) groups is 2. The van der Waals surface area contributed by atoms with Gasteiger partial charge in [-0.1, -0.05) is 19.1 Å². The smallest absolute Gasteiger partial charge is 0.228 e. The summed E-state index contributed by atoms with van der Waals surface area (Å²) in [6.45, 7) is 6.53. The SMILES string of the molecule is CCCN1CCN(C(=O)[C@H]2CCC(=O)N(c3ccc(OC)cc3)[C@@H]2c2ccc(OC)cc2)CC1. The molecule has 2 fully saturated rings. The van der Waals surface area contributed by atoms with E-state index < -0.39 is 0 Å². The third-order valence-electron chi connectivity index (χ3n) is 6.95. The molecule has 2 aliphatic rings. The van der Waals surface area contributed by atoms with Crippen molar-refractivity contribution in [2.45, 2.75) is 32.2 Å². The predicted molar refractivity (Wildman–Crippen MR) is 132 cm³/mol. The average molecular weight is 466 g/mol. The summed E-state index contributed by atoms with van der Waals surface area (Å²) in [4.78, 5) is 33.3. The normalized spacial score (nSPS) is 21.4. The number of methoxy groups -OCH3 is 2. The lowest BCUT2D eigenvalue weighted by Gasteiger charge is -2.44. The van der Waals surface area contributed by atoms with Crippen LogP contribution in [0.4, 0.5) is 5.69 Å². The molecule has 0 radical (unpaired) electrons. The Hall–Kier alpha value is -3.06. The summed E-state index contributed by atoms with van der Waals surface area (Å²) in [5.41, 5.74) is 1.71. The summed E-state index contributed by atoms with van der Waals surface area (Å²) >= 11 is 0. The molecule has 182 valence electrons. The molecule has 0 bridgehead atoms. The maximum absolute atomic E-state index is 13.8. The van der Waals surface area contributed by atoms with Crippen molar-refractivity contribution in [2.75, 3.05) is 51.8 Å². The number of nitrogens with zero attached hydrogens (tertiary/aromatic N) is 3. The van der Waals surface area contributed by atoms with Crippen molar-refractivity contribution in [1.82, 2.24) is 9.80 Å². The highest BCUT2D eigenvalue weighted by Crippen LogP contribution is 2.41. The van der Waals surface area contributed by atoms with Gasteiger partial charge in [0.25, 0.3) is 0 Å². The topological polar surface area (TPSA) is 62.3 Å². The van der Waals surface area contributed by atoms with Crippen LogP contribution in [0.25, 0.3) is 0 Å². The molecule has 34 heavy (non-hydrogen) atoms. The number of anilines is 1. The number of hydrogen-bond acceptors (Lipinski definition) is 5. The Morgan fingerprint density at radius 2 is 1.50 bits per heavy atom. The van der Waals surface area contributed by atoms with Gasteiger partial charge < -0.3 is 19.3 Å². The van der Waals surface area contributed by atoms with Crippen LogP contribution in [-0.2, 0) is 9.59 Å². The summed E-state index contributed by atoms with van der Waals surface area (Å²) < 4.78 is 10.6. The van der Waals surface area contributed by atoms with Crippen LogP contribution in [0.15, 0.2) is 48.5 Å². The number of ether oxygens (including phenoxy) is 2. The molecule has 2 heterocycles. The standard InChI is InChI=1S/C27H35N3O4/c1-4-15-28-16-18-29(19-17-28)27(32)24-13-14-25(31)30(21-7-11-23(34-3)12-8-21)26(24)20-5-9-22(33-2)10-6-20/h5-12,24,26H,4,13-19H2,1-3H3/t24-,26+/m0/s1. The zero-order valence-corrected chi connectivity index (χ0v) is 20.4. The van der Waals surface area contributed by atoms with Crippen LogP contribution < -0.4 is 14.4 Å². The van der Waals surface area contributed by atoms with Gasteiger partial charge in [0.1, 0.15) is 11.5 Å². The molecule has 7 heteroatoms. The van der Waals surface area contributed by atoms with Crippen LogP contribution in [0.3, 0.4) is 0 Å². The molecule has 0 aliphatic carbocycles. The molecule has 7 nitrogen and oxygen atoms in total. The summed E-state index contributed by atoms with van der Waals surface area (Å²) in [6, 6.07) is 14.8. The van der Waals surface area contributed by atoms with E-state index in [1.165, 1.54) is 0 Å². The Morgan fingerprint density at radius 1 is 0.912 bits per heavy atom. The average Bonchev–Trinajstić information content (AvgIpc) is 2.89.